The van der Waals surface area contributed by atoms with Gasteiger partial charge in [-0.25, -0.2) is 0 Å². The summed E-state index contributed by atoms with van der Waals surface area (Å²) < 4.78 is 5.52. The van der Waals surface area contributed by atoms with E-state index in [1.807, 2.05) is 6.92 Å². The van der Waals surface area contributed by atoms with E-state index in [-0.39, 0.29) is 11.9 Å². The molecule has 1 unspecified atom stereocenters. The highest BCUT2D eigenvalue weighted by atomic mass is 16.5. The van der Waals surface area contributed by atoms with Crippen LogP contribution in [0.3, 0.4) is 0 Å². The molecule has 0 saturated carbocycles. The van der Waals surface area contributed by atoms with Gasteiger partial charge in [0.2, 0.25) is 0 Å². The number of nitrogen functional groups attached to an aromatic ring is 1. The number of carbonyl (C=O) groups excluding carboxylic acids is 1. The number of nitrogens with two attached hydrogens (primary N) is 1. The number of anilines is 1. The molecule has 1 atom stereocenters. The van der Waals surface area contributed by atoms with Gasteiger partial charge in [-0.2, -0.15) is 0 Å². The fourth-order valence-corrected chi connectivity index (χ4v) is 2.76. The Hall–Kier alpha value is -1.75. The van der Waals surface area contributed by atoms with E-state index in [9.17, 15) is 4.79 Å². The van der Waals surface area contributed by atoms with E-state index in [1.54, 1.807) is 18.2 Å². The number of hydrogen-bond donors (Lipinski definition) is 2. The van der Waals surface area contributed by atoms with E-state index in [0.29, 0.717) is 23.6 Å². The van der Waals surface area contributed by atoms with E-state index in [0.717, 1.165) is 32.5 Å². The average Bonchev–Trinajstić information content (AvgIpc) is 2.49. The molecule has 1 aliphatic rings. The SMILES string of the molecule is CCOc1c(N)cccc1C(=O)NC1CCCN(CC)C1. The van der Waals surface area contributed by atoms with Crippen molar-refractivity contribution in [2.24, 2.45) is 0 Å². The highest BCUT2D eigenvalue weighted by Crippen LogP contribution is 2.26. The molecule has 0 radical (unpaired) electrons. The van der Waals surface area contributed by atoms with Crippen LogP contribution >= 0.6 is 0 Å². The third-order valence-electron chi connectivity index (χ3n) is 3.87. The molecule has 5 heteroatoms. The average molecular weight is 291 g/mol. The number of carbonyl (C=O) groups is 1. The molecule has 1 aromatic rings. The second-order valence-electron chi connectivity index (χ2n) is 5.36. The number of para-hydroxylation sites is 1. The van der Waals surface area contributed by atoms with E-state index >= 15 is 0 Å². The summed E-state index contributed by atoms with van der Waals surface area (Å²) in [6.45, 7) is 7.57. The quantitative estimate of drug-likeness (QED) is 0.813. The monoisotopic (exact) mass is 291 g/mol. The van der Waals surface area contributed by atoms with Crippen molar-refractivity contribution in [1.82, 2.24) is 10.2 Å². The maximum Gasteiger partial charge on any atom is 0.255 e. The van der Waals surface area contributed by atoms with Gasteiger partial charge in [0.15, 0.2) is 5.75 Å². The predicted octanol–water partition coefficient (Wildman–Crippen LogP) is 1.88. The number of hydrogen-bond acceptors (Lipinski definition) is 4. The Morgan fingerprint density at radius 2 is 2.29 bits per heavy atom. The number of ether oxygens (including phenoxy) is 1. The first-order chi connectivity index (χ1) is 10.2. The molecule has 5 nitrogen and oxygen atoms in total. The van der Waals surface area contributed by atoms with Gasteiger partial charge in [-0.1, -0.05) is 13.0 Å². The molecular formula is C16H25N3O2. The molecule has 1 saturated heterocycles. The smallest absolute Gasteiger partial charge is 0.255 e. The van der Waals surface area contributed by atoms with Crippen LogP contribution in [0.25, 0.3) is 0 Å². The van der Waals surface area contributed by atoms with Gasteiger partial charge in [0, 0.05) is 12.6 Å². The maximum atomic E-state index is 12.5. The van der Waals surface area contributed by atoms with Crippen molar-refractivity contribution in [3.63, 3.8) is 0 Å². The predicted molar refractivity (Wildman–Crippen MR) is 84.6 cm³/mol. The van der Waals surface area contributed by atoms with Crippen LogP contribution < -0.4 is 15.8 Å². The molecule has 1 fully saturated rings. The minimum Gasteiger partial charge on any atom is -0.491 e. The second-order valence-corrected chi connectivity index (χ2v) is 5.36. The van der Waals surface area contributed by atoms with Gasteiger partial charge in [-0.3, -0.25) is 4.79 Å². The molecule has 3 N–H and O–H groups in total. The lowest BCUT2D eigenvalue weighted by molar-refractivity contribution is 0.0902. The molecular weight excluding hydrogens is 266 g/mol. The second kappa shape index (κ2) is 7.31. The highest BCUT2D eigenvalue weighted by Gasteiger charge is 2.22. The van der Waals surface area contributed by atoms with Crippen LogP contribution in [0.4, 0.5) is 5.69 Å². The Labute approximate surface area is 126 Å². The lowest BCUT2D eigenvalue weighted by Crippen LogP contribution is -2.47. The van der Waals surface area contributed by atoms with E-state index in [4.69, 9.17) is 10.5 Å². The Morgan fingerprint density at radius 3 is 3.00 bits per heavy atom. The van der Waals surface area contributed by atoms with Crippen molar-refractivity contribution in [2.75, 3.05) is 32.0 Å². The Balaban J connectivity index is 2.08. The summed E-state index contributed by atoms with van der Waals surface area (Å²) >= 11 is 0. The number of amides is 1. The van der Waals surface area contributed by atoms with Gasteiger partial charge in [-0.15, -0.1) is 0 Å². The van der Waals surface area contributed by atoms with Gasteiger partial charge in [0.05, 0.1) is 17.9 Å². The van der Waals surface area contributed by atoms with Crippen molar-refractivity contribution >= 4 is 11.6 Å². The molecule has 1 aliphatic heterocycles. The zero-order valence-corrected chi connectivity index (χ0v) is 12.9. The zero-order valence-electron chi connectivity index (χ0n) is 12.9. The zero-order chi connectivity index (χ0) is 15.2. The lowest BCUT2D eigenvalue weighted by Gasteiger charge is -2.32. The van der Waals surface area contributed by atoms with Gasteiger partial charge < -0.3 is 20.7 Å². The number of rotatable bonds is 5. The molecule has 0 aromatic heterocycles. The first kappa shape index (κ1) is 15.6. The van der Waals surface area contributed by atoms with Gasteiger partial charge in [0.1, 0.15) is 0 Å². The van der Waals surface area contributed by atoms with E-state index < -0.39 is 0 Å². The number of piperidine rings is 1. The van der Waals surface area contributed by atoms with Crippen LogP contribution in [-0.2, 0) is 0 Å². The molecule has 0 bridgehead atoms. The first-order valence-electron chi connectivity index (χ1n) is 7.70. The number of nitrogens with one attached hydrogen (secondary N) is 1. The third kappa shape index (κ3) is 3.88. The highest BCUT2D eigenvalue weighted by molar-refractivity contribution is 5.98. The van der Waals surface area contributed by atoms with Crippen molar-refractivity contribution in [3.05, 3.63) is 23.8 Å². The van der Waals surface area contributed by atoms with Crippen LogP contribution in [0.1, 0.15) is 37.0 Å². The van der Waals surface area contributed by atoms with Crippen LogP contribution in [0, 0.1) is 0 Å². The summed E-state index contributed by atoms with van der Waals surface area (Å²) in [4.78, 5) is 14.8. The molecule has 1 aromatic carbocycles. The Kier molecular flexibility index (Phi) is 5.44. The molecule has 1 heterocycles. The first-order valence-corrected chi connectivity index (χ1v) is 7.70. The van der Waals surface area contributed by atoms with E-state index in [1.165, 1.54) is 0 Å². The fourth-order valence-electron chi connectivity index (χ4n) is 2.76. The van der Waals surface area contributed by atoms with Gasteiger partial charge in [-0.05, 0) is 45.0 Å². The van der Waals surface area contributed by atoms with Crippen molar-refractivity contribution in [3.8, 4) is 5.75 Å². The Morgan fingerprint density at radius 1 is 1.48 bits per heavy atom. The standard InChI is InChI=1S/C16H25N3O2/c1-3-19-10-6-7-12(11-19)18-16(20)13-8-5-9-14(17)15(13)21-4-2/h5,8-9,12H,3-4,6-7,10-11,17H2,1-2H3,(H,18,20). The molecule has 116 valence electrons. The number of benzene rings is 1. The topological polar surface area (TPSA) is 67.6 Å². The van der Waals surface area contributed by atoms with Crippen molar-refractivity contribution < 1.29 is 9.53 Å². The normalized spacial score (nSPS) is 19.2. The van der Waals surface area contributed by atoms with Crippen LogP contribution in [0.2, 0.25) is 0 Å². The summed E-state index contributed by atoms with van der Waals surface area (Å²) in [5, 5.41) is 3.11. The maximum absolute atomic E-state index is 12.5. The van der Waals surface area contributed by atoms with E-state index in [2.05, 4.69) is 17.1 Å². The molecule has 2 rings (SSSR count). The van der Waals surface area contributed by atoms with Crippen LogP contribution in [-0.4, -0.2) is 43.1 Å². The lowest BCUT2D eigenvalue weighted by atomic mass is 10.0. The summed E-state index contributed by atoms with van der Waals surface area (Å²) in [5.74, 6) is 0.384. The van der Waals surface area contributed by atoms with Crippen LogP contribution in [0.15, 0.2) is 18.2 Å². The molecule has 1 amide bonds. The summed E-state index contributed by atoms with van der Waals surface area (Å²) in [6.07, 6.45) is 2.14. The minimum absolute atomic E-state index is 0.103. The van der Waals surface area contributed by atoms with Crippen LogP contribution in [0.5, 0.6) is 5.75 Å². The molecule has 0 spiro atoms. The number of likely N-dealkylation sites (N-methyl/N-ethyl adjacent to an activating group) is 1. The van der Waals surface area contributed by atoms with Crippen molar-refractivity contribution in [1.29, 1.82) is 0 Å². The van der Waals surface area contributed by atoms with Crippen molar-refractivity contribution in [2.45, 2.75) is 32.7 Å². The fraction of sp³-hybridized carbons (Fsp3) is 0.562. The Bertz CT molecular complexity index is 490. The number of likely N-dealkylation sites (tertiary alicyclic amines) is 1. The molecule has 0 aliphatic carbocycles. The largest absolute Gasteiger partial charge is 0.491 e. The summed E-state index contributed by atoms with van der Waals surface area (Å²) in [5.41, 5.74) is 6.93. The van der Waals surface area contributed by atoms with Gasteiger partial charge in [0.25, 0.3) is 5.91 Å². The summed E-state index contributed by atoms with van der Waals surface area (Å²) in [7, 11) is 0. The third-order valence-corrected chi connectivity index (χ3v) is 3.87. The molecule has 21 heavy (non-hydrogen) atoms. The van der Waals surface area contributed by atoms with Gasteiger partial charge >= 0.3 is 0 Å². The minimum atomic E-state index is -0.103. The summed E-state index contributed by atoms with van der Waals surface area (Å²) in [6, 6.07) is 5.49. The number of nitrogens with zero attached hydrogens (tertiary/aromatic N) is 1.